The summed E-state index contributed by atoms with van der Waals surface area (Å²) in [5.74, 6) is 0.448. The Balaban J connectivity index is 1.07. The van der Waals surface area contributed by atoms with Gasteiger partial charge in [0, 0.05) is 17.7 Å². The Morgan fingerprint density at radius 2 is 1.88 bits per heavy atom. The van der Waals surface area contributed by atoms with Crippen molar-refractivity contribution in [1.82, 2.24) is 14.3 Å². The van der Waals surface area contributed by atoms with Gasteiger partial charge in [0.1, 0.15) is 28.0 Å². The molecule has 1 N–H and O–H groups in total. The largest absolute Gasteiger partial charge is 0.511 e. The Morgan fingerprint density at radius 1 is 1.18 bits per heavy atom. The molecule has 0 unspecified atom stereocenters. The predicted octanol–water partition coefficient (Wildman–Crippen LogP) is 4.16. The minimum absolute atomic E-state index is 0.123. The van der Waals surface area contributed by atoms with Gasteiger partial charge in [0.05, 0.1) is 22.9 Å². The number of thiazole rings is 1. The Kier molecular flexibility index (Phi) is 6.43. The molecule has 4 saturated carbocycles. The number of hydrogen-bond donors (Lipinski definition) is 1. The van der Waals surface area contributed by atoms with Gasteiger partial charge in [-0.1, -0.05) is 6.92 Å². The van der Waals surface area contributed by atoms with E-state index in [9.17, 15) is 19.5 Å². The molecule has 214 valence electrons. The van der Waals surface area contributed by atoms with Crippen LogP contribution in [0.4, 0.5) is 4.79 Å². The highest BCUT2D eigenvalue weighted by Gasteiger charge is 2.60. The summed E-state index contributed by atoms with van der Waals surface area (Å²) in [7, 11) is 0. The molecule has 2 aliphatic heterocycles. The second kappa shape index (κ2) is 9.77. The molecule has 0 aromatic carbocycles. The number of rotatable bonds is 7. The van der Waals surface area contributed by atoms with Crippen LogP contribution in [0, 0.1) is 35.5 Å². The standard InChI is InChI=1S/C28H33N3O7S2/c1-12-19(18-9-30-10-29-24(39-3)26(30)40-18)22(31-21(12)20(13(2)32)25(31)33)27(34)36-11-37-28(35)38-23-16-5-14-4-15(7-16)8-17(23)6-14/h9-10,12-17,20-21,23,32H,4-8,11H2,1-3H3/t12-,13+,14?,15?,16?,17?,20+,21+,23?/m0/s1. The summed E-state index contributed by atoms with van der Waals surface area (Å²) in [4.78, 5) is 46.7. The molecule has 4 heterocycles. The van der Waals surface area contributed by atoms with Crippen molar-refractivity contribution in [3.8, 4) is 0 Å². The monoisotopic (exact) mass is 587 g/mol. The van der Waals surface area contributed by atoms with Gasteiger partial charge >= 0.3 is 12.1 Å². The lowest BCUT2D eigenvalue weighted by Crippen LogP contribution is -2.63. The third-order valence-corrected chi connectivity index (χ3v) is 11.7. The van der Waals surface area contributed by atoms with E-state index < -0.39 is 30.9 Å². The first-order valence-corrected chi connectivity index (χ1v) is 16.1. The maximum atomic E-state index is 13.4. The first-order chi connectivity index (χ1) is 19.2. The van der Waals surface area contributed by atoms with E-state index in [-0.39, 0.29) is 29.7 Å². The van der Waals surface area contributed by atoms with E-state index in [0.29, 0.717) is 17.4 Å². The Morgan fingerprint density at radius 3 is 2.52 bits per heavy atom. The van der Waals surface area contributed by atoms with Crippen molar-refractivity contribution < 1.29 is 33.7 Å². The number of nitrogens with zero attached hydrogens (tertiary/aromatic N) is 3. The van der Waals surface area contributed by atoms with E-state index in [1.54, 1.807) is 13.3 Å². The molecule has 2 aromatic heterocycles. The zero-order valence-electron chi connectivity index (χ0n) is 22.6. The normalized spacial score (nSPS) is 34.7. The molecule has 0 radical (unpaired) electrons. The number of hydrogen-bond acceptors (Lipinski definition) is 10. The second-order valence-electron chi connectivity index (χ2n) is 12.0. The van der Waals surface area contributed by atoms with Crippen LogP contribution in [-0.4, -0.2) is 68.7 Å². The summed E-state index contributed by atoms with van der Waals surface area (Å²) in [5, 5.41) is 11.2. The molecule has 8 rings (SSSR count). The van der Waals surface area contributed by atoms with Gasteiger partial charge in [0.15, 0.2) is 0 Å². The number of aliphatic hydroxyl groups is 1. The number of aromatic nitrogens is 2. The third-order valence-electron chi connectivity index (χ3n) is 9.74. The van der Waals surface area contributed by atoms with Crippen molar-refractivity contribution in [3.05, 3.63) is 23.1 Å². The van der Waals surface area contributed by atoms with Crippen molar-refractivity contribution in [2.24, 2.45) is 35.5 Å². The van der Waals surface area contributed by atoms with Crippen molar-refractivity contribution in [2.75, 3.05) is 13.0 Å². The molecule has 1 amide bonds. The summed E-state index contributed by atoms with van der Waals surface area (Å²) < 4.78 is 18.2. The highest BCUT2D eigenvalue weighted by Crippen LogP contribution is 2.55. The van der Waals surface area contributed by atoms with E-state index in [4.69, 9.17) is 14.2 Å². The molecule has 40 heavy (non-hydrogen) atoms. The molecule has 1 saturated heterocycles. The van der Waals surface area contributed by atoms with Gasteiger partial charge in [-0.25, -0.2) is 14.6 Å². The molecule has 2 aromatic rings. The maximum Gasteiger partial charge on any atom is 0.511 e. The van der Waals surface area contributed by atoms with Crippen LogP contribution in [0.3, 0.4) is 0 Å². The first kappa shape index (κ1) is 26.3. The van der Waals surface area contributed by atoms with Crippen molar-refractivity contribution in [3.63, 3.8) is 0 Å². The number of carbonyl (C=O) groups excluding carboxylic acids is 3. The van der Waals surface area contributed by atoms with Crippen LogP contribution in [0.2, 0.25) is 0 Å². The fraction of sp³-hybridized carbons (Fsp3) is 0.643. The fourth-order valence-electron chi connectivity index (χ4n) is 8.34. The topological polar surface area (TPSA) is 120 Å². The maximum absolute atomic E-state index is 13.4. The number of β-lactam (4-membered cyclic amide) rings is 1. The van der Waals surface area contributed by atoms with Gasteiger partial charge < -0.3 is 24.2 Å². The average Bonchev–Trinajstić information content (AvgIpc) is 3.55. The lowest BCUT2D eigenvalue weighted by molar-refractivity contribution is -0.167. The Bertz CT molecular complexity index is 1390. The summed E-state index contributed by atoms with van der Waals surface area (Å²) >= 11 is 3.02. The fourth-order valence-corrected chi connectivity index (χ4v) is 10.3. The lowest BCUT2D eigenvalue weighted by Gasteiger charge is -2.53. The van der Waals surface area contributed by atoms with Crippen molar-refractivity contribution in [2.45, 2.75) is 69.2 Å². The SMILES string of the molecule is CSc1ncn2cc(C3=C(C(=O)OCOC(=O)OC4C5CC6CC(C5)CC4C6)N4C(=O)[C@H]([C@@H](C)O)[C@H]4[C@H]3C)sc12. The summed E-state index contributed by atoms with van der Waals surface area (Å²) in [6, 6.07) is -0.354. The average molecular weight is 588 g/mol. The van der Waals surface area contributed by atoms with Gasteiger partial charge in [0.25, 0.3) is 0 Å². The molecular weight excluding hydrogens is 554 g/mol. The number of amides is 1. The highest BCUT2D eigenvalue weighted by molar-refractivity contribution is 7.98. The number of aliphatic hydroxyl groups excluding tert-OH is 1. The number of thioether (sulfide) groups is 1. The number of carbonyl (C=O) groups is 3. The van der Waals surface area contributed by atoms with Crippen LogP contribution in [0.1, 0.15) is 50.8 Å². The summed E-state index contributed by atoms with van der Waals surface area (Å²) in [6.45, 7) is 2.95. The van der Waals surface area contributed by atoms with Crippen LogP contribution < -0.4 is 0 Å². The van der Waals surface area contributed by atoms with Crippen LogP contribution in [0.5, 0.6) is 0 Å². The van der Waals surface area contributed by atoms with Crippen LogP contribution in [0.25, 0.3) is 10.4 Å². The highest BCUT2D eigenvalue weighted by atomic mass is 32.2. The van der Waals surface area contributed by atoms with Gasteiger partial charge in [-0.3, -0.25) is 9.20 Å². The van der Waals surface area contributed by atoms with Gasteiger partial charge in [-0.05, 0) is 69.0 Å². The number of esters is 1. The zero-order chi connectivity index (χ0) is 27.9. The molecule has 5 fully saturated rings. The van der Waals surface area contributed by atoms with Crippen LogP contribution in [0.15, 0.2) is 23.2 Å². The van der Waals surface area contributed by atoms with Gasteiger partial charge in [0.2, 0.25) is 12.7 Å². The quantitative estimate of drug-likeness (QED) is 0.220. The van der Waals surface area contributed by atoms with E-state index in [2.05, 4.69) is 4.98 Å². The Hall–Kier alpha value is -2.57. The minimum Gasteiger partial charge on any atom is -0.430 e. The minimum atomic E-state index is -0.845. The van der Waals surface area contributed by atoms with Crippen molar-refractivity contribution in [1.29, 1.82) is 0 Å². The smallest absolute Gasteiger partial charge is 0.430 e. The zero-order valence-corrected chi connectivity index (χ0v) is 24.3. The molecule has 6 aliphatic rings. The molecule has 12 heteroatoms. The first-order valence-electron chi connectivity index (χ1n) is 14.0. The van der Waals surface area contributed by atoms with Gasteiger partial charge in [-0.2, -0.15) is 0 Å². The van der Waals surface area contributed by atoms with Crippen molar-refractivity contribution >= 4 is 51.5 Å². The molecular formula is C28H33N3O7S2. The van der Waals surface area contributed by atoms with E-state index >= 15 is 0 Å². The predicted molar refractivity (Wildman–Crippen MR) is 146 cm³/mol. The molecule has 4 atom stereocenters. The van der Waals surface area contributed by atoms with E-state index in [1.165, 1.54) is 34.4 Å². The lowest BCUT2D eigenvalue weighted by atomic mass is 9.55. The molecule has 10 nitrogen and oxygen atoms in total. The summed E-state index contributed by atoms with van der Waals surface area (Å²) in [5.41, 5.74) is 0.823. The van der Waals surface area contributed by atoms with Crippen LogP contribution in [-0.2, 0) is 23.8 Å². The van der Waals surface area contributed by atoms with Gasteiger partial charge in [-0.15, -0.1) is 23.1 Å². The molecule has 4 aliphatic carbocycles. The van der Waals surface area contributed by atoms with E-state index in [0.717, 1.165) is 52.3 Å². The number of imidazole rings is 1. The second-order valence-corrected chi connectivity index (χ2v) is 13.9. The number of ether oxygens (including phenoxy) is 3. The van der Waals surface area contributed by atoms with Crippen LogP contribution >= 0.6 is 23.1 Å². The summed E-state index contributed by atoms with van der Waals surface area (Å²) in [6.07, 6.45) is 9.54. The molecule has 0 spiro atoms. The van der Waals surface area contributed by atoms with E-state index in [1.807, 2.05) is 23.8 Å². The third kappa shape index (κ3) is 4.00. The number of fused-ring (bicyclic) bond motifs is 2. The Labute approximate surface area is 240 Å². The molecule has 4 bridgehead atoms.